The molecule has 0 saturated heterocycles. The minimum atomic E-state index is -0.394. The molecule has 0 amide bonds. The first-order chi connectivity index (χ1) is 11.3. The highest BCUT2D eigenvalue weighted by molar-refractivity contribution is 5.58. The first kappa shape index (κ1) is 16.5. The van der Waals surface area contributed by atoms with Crippen LogP contribution < -0.4 is 15.2 Å². The van der Waals surface area contributed by atoms with E-state index in [1.165, 1.54) is 0 Å². The molecule has 3 N–H and O–H groups in total. The number of nitrogen functional groups attached to an aromatic ring is 1. The van der Waals surface area contributed by atoms with Gasteiger partial charge in [-0.2, -0.15) is 0 Å². The molecule has 1 aliphatic heterocycles. The molecule has 0 radical (unpaired) electrons. The molecule has 0 bridgehead atoms. The monoisotopic (exact) mass is 327 g/mol. The van der Waals surface area contributed by atoms with E-state index in [0.29, 0.717) is 12.4 Å². The number of ether oxygens (including phenoxy) is 2. The summed E-state index contributed by atoms with van der Waals surface area (Å²) in [7, 11) is 0. The van der Waals surface area contributed by atoms with Crippen molar-refractivity contribution in [3.63, 3.8) is 0 Å². The summed E-state index contributed by atoms with van der Waals surface area (Å²) < 4.78 is 12.3. The van der Waals surface area contributed by atoms with Crippen LogP contribution in [0.5, 0.6) is 17.2 Å². The van der Waals surface area contributed by atoms with E-state index in [1.54, 1.807) is 0 Å². The number of phenolic OH excluding ortho intramolecular Hbond substituents is 1. The van der Waals surface area contributed by atoms with E-state index in [2.05, 4.69) is 6.92 Å². The molecule has 1 unspecified atom stereocenters. The molecule has 0 fully saturated rings. The van der Waals surface area contributed by atoms with Gasteiger partial charge in [0.2, 0.25) is 0 Å². The van der Waals surface area contributed by atoms with Crippen molar-refractivity contribution < 1.29 is 14.6 Å². The smallest absolute Gasteiger partial charge is 0.140 e. The molecule has 2 aromatic rings. The molecule has 4 nitrogen and oxygen atoms in total. The lowest BCUT2D eigenvalue weighted by atomic mass is 9.87. The third kappa shape index (κ3) is 2.88. The maximum Gasteiger partial charge on any atom is 0.140 e. The molecule has 0 aromatic heterocycles. The first-order valence-corrected chi connectivity index (χ1v) is 8.30. The molecular formula is C20H25NO3. The quantitative estimate of drug-likeness (QED) is 0.834. The third-order valence-electron chi connectivity index (χ3n) is 5.02. The fourth-order valence-electron chi connectivity index (χ4n) is 3.20. The van der Waals surface area contributed by atoms with Crippen LogP contribution in [0.15, 0.2) is 24.3 Å². The highest BCUT2D eigenvalue weighted by Gasteiger charge is 2.35. The zero-order valence-electron chi connectivity index (χ0n) is 14.8. The minimum Gasteiger partial charge on any atom is -0.507 e. The van der Waals surface area contributed by atoms with Crippen molar-refractivity contribution in [3.8, 4) is 17.2 Å². The van der Waals surface area contributed by atoms with Crippen LogP contribution in [0, 0.1) is 20.8 Å². The van der Waals surface area contributed by atoms with E-state index in [4.69, 9.17) is 15.2 Å². The Kier molecular flexibility index (Phi) is 4.08. The van der Waals surface area contributed by atoms with E-state index < -0.39 is 5.60 Å². The van der Waals surface area contributed by atoms with Crippen molar-refractivity contribution in [1.82, 2.24) is 0 Å². The van der Waals surface area contributed by atoms with Gasteiger partial charge in [0, 0.05) is 11.3 Å². The Morgan fingerprint density at radius 2 is 1.79 bits per heavy atom. The Morgan fingerprint density at radius 1 is 1.12 bits per heavy atom. The molecule has 128 valence electrons. The standard InChI is InChI=1S/C20H25NO3/c1-12-13(2)19-17(14(3)18(12)22)9-10-20(4,24-19)11-23-16-7-5-15(21)6-8-16/h5-8,22H,9-11,21H2,1-4H3. The summed E-state index contributed by atoms with van der Waals surface area (Å²) in [6, 6.07) is 7.39. The summed E-state index contributed by atoms with van der Waals surface area (Å²) >= 11 is 0. The lowest BCUT2D eigenvalue weighted by Crippen LogP contribution is -2.42. The van der Waals surface area contributed by atoms with Gasteiger partial charge in [0.05, 0.1) is 0 Å². The van der Waals surface area contributed by atoms with Crippen molar-refractivity contribution >= 4 is 5.69 Å². The van der Waals surface area contributed by atoms with Gasteiger partial charge < -0.3 is 20.3 Å². The van der Waals surface area contributed by atoms with Gasteiger partial charge >= 0.3 is 0 Å². The Hall–Kier alpha value is -2.36. The van der Waals surface area contributed by atoms with Crippen LogP contribution in [-0.4, -0.2) is 17.3 Å². The second-order valence-electron chi connectivity index (χ2n) is 6.94. The zero-order valence-corrected chi connectivity index (χ0v) is 14.8. The average molecular weight is 327 g/mol. The van der Waals surface area contributed by atoms with Gasteiger partial charge in [-0.05, 0) is 81.5 Å². The molecule has 4 heteroatoms. The largest absolute Gasteiger partial charge is 0.507 e. The highest BCUT2D eigenvalue weighted by Crippen LogP contribution is 2.43. The number of nitrogens with two attached hydrogens (primary N) is 1. The number of aromatic hydroxyl groups is 1. The molecule has 24 heavy (non-hydrogen) atoms. The average Bonchev–Trinajstić information content (AvgIpc) is 2.57. The van der Waals surface area contributed by atoms with Gasteiger partial charge in [-0.25, -0.2) is 0 Å². The normalized spacial score (nSPS) is 19.5. The molecule has 2 aromatic carbocycles. The van der Waals surface area contributed by atoms with E-state index in [-0.39, 0.29) is 0 Å². The second kappa shape index (κ2) is 5.93. The molecule has 1 atom stereocenters. The van der Waals surface area contributed by atoms with Crippen molar-refractivity contribution in [3.05, 3.63) is 46.5 Å². The van der Waals surface area contributed by atoms with Crippen LogP contribution in [0.1, 0.15) is 35.6 Å². The number of hydrogen-bond donors (Lipinski definition) is 2. The maximum atomic E-state index is 10.3. The van der Waals surface area contributed by atoms with E-state index >= 15 is 0 Å². The van der Waals surface area contributed by atoms with Crippen LogP contribution in [-0.2, 0) is 6.42 Å². The highest BCUT2D eigenvalue weighted by atomic mass is 16.5. The Labute approximate surface area is 143 Å². The van der Waals surface area contributed by atoms with Gasteiger partial charge in [-0.3, -0.25) is 0 Å². The number of rotatable bonds is 3. The van der Waals surface area contributed by atoms with Gasteiger partial charge in [0.25, 0.3) is 0 Å². The summed E-state index contributed by atoms with van der Waals surface area (Å²) in [6.45, 7) is 8.43. The first-order valence-electron chi connectivity index (χ1n) is 8.30. The van der Waals surface area contributed by atoms with Crippen molar-refractivity contribution in [2.75, 3.05) is 12.3 Å². The Bertz CT molecular complexity index is 768. The maximum absolute atomic E-state index is 10.3. The SMILES string of the molecule is Cc1c(C)c2c(c(C)c1O)CCC(C)(COc1ccc(N)cc1)O2. The Morgan fingerprint density at radius 3 is 2.46 bits per heavy atom. The minimum absolute atomic E-state index is 0.386. The van der Waals surface area contributed by atoms with Crippen molar-refractivity contribution in [2.24, 2.45) is 0 Å². The molecule has 0 spiro atoms. The second-order valence-corrected chi connectivity index (χ2v) is 6.94. The number of hydrogen-bond acceptors (Lipinski definition) is 4. The summed E-state index contributed by atoms with van der Waals surface area (Å²) in [5.41, 5.74) is 9.95. The molecule has 1 heterocycles. The van der Waals surface area contributed by atoms with Crippen LogP contribution in [0.3, 0.4) is 0 Å². The summed E-state index contributed by atoms with van der Waals surface area (Å²) in [4.78, 5) is 0. The van der Waals surface area contributed by atoms with Gasteiger partial charge in [-0.15, -0.1) is 0 Å². The van der Waals surface area contributed by atoms with Gasteiger partial charge in [0.1, 0.15) is 29.5 Å². The molecule has 0 saturated carbocycles. The summed E-state index contributed by atoms with van der Waals surface area (Å²) in [5.74, 6) is 2.07. The van der Waals surface area contributed by atoms with E-state index in [1.807, 2.05) is 45.0 Å². The predicted octanol–water partition coefficient (Wildman–Crippen LogP) is 4.06. The van der Waals surface area contributed by atoms with Crippen LogP contribution in [0.2, 0.25) is 0 Å². The topological polar surface area (TPSA) is 64.7 Å². The van der Waals surface area contributed by atoms with Crippen molar-refractivity contribution in [1.29, 1.82) is 0 Å². The molecule has 3 rings (SSSR count). The number of anilines is 1. The Balaban J connectivity index is 1.82. The molecule has 1 aliphatic rings. The number of phenols is 1. The van der Waals surface area contributed by atoms with Crippen LogP contribution in [0.4, 0.5) is 5.69 Å². The van der Waals surface area contributed by atoms with Crippen molar-refractivity contribution in [2.45, 2.75) is 46.1 Å². The van der Waals surface area contributed by atoms with Gasteiger partial charge in [0.15, 0.2) is 0 Å². The lowest BCUT2D eigenvalue weighted by molar-refractivity contribution is 0.0166. The number of benzene rings is 2. The number of fused-ring (bicyclic) bond motifs is 1. The molecule has 0 aliphatic carbocycles. The fraction of sp³-hybridized carbons (Fsp3) is 0.400. The zero-order chi connectivity index (χ0) is 17.5. The molecular weight excluding hydrogens is 302 g/mol. The predicted molar refractivity (Wildman–Crippen MR) is 96.0 cm³/mol. The van der Waals surface area contributed by atoms with E-state index in [9.17, 15) is 5.11 Å². The van der Waals surface area contributed by atoms with Crippen LogP contribution >= 0.6 is 0 Å². The summed E-state index contributed by atoms with van der Waals surface area (Å²) in [5, 5.41) is 10.3. The lowest BCUT2D eigenvalue weighted by Gasteiger charge is -2.37. The van der Waals surface area contributed by atoms with Crippen LogP contribution in [0.25, 0.3) is 0 Å². The fourth-order valence-corrected chi connectivity index (χ4v) is 3.20. The van der Waals surface area contributed by atoms with Gasteiger partial charge in [-0.1, -0.05) is 0 Å². The van der Waals surface area contributed by atoms with E-state index in [0.717, 1.165) is 52.3 Å². The summed E-state index contributed by atoms with van der Waals surface area (Å²) in [6.07, 6.45) is 1.72. The third-order valence-corrected chi connectivity index (χ3v) is 5.02.